The standard InChI is InChI=1S/C15H27NO4S.CH2O2/c1-5-7-15(3,4)13(16)12-10(18)9(17)11(19)14(20-12)21-8-6-2;2-1-3/h5-6,9-14,17-19H,1-2,7-8,16H2,3-4H3;1H,(H,2,3)/t9-,10+,11+,12-,13-,14+;/m0./s1. The Hall–Kier alpha value is -0.900. The first kappa shape index (κ1) is 23.1. The number of rotatable bonds is 7. The van der Waals surface area contributed by atoms with Gasteiger partial charge in [0.2, 0.25) is 0 Å². The van der Waals surface area contributed by atoms with E-state index in [1.165, 1.54) is 11.8 Å². The van der Waals surface area contributed by atoms with Crippen LogP contribution >= 0.6 is 11.8 Å². The Kier molecular flexibility index (Phi) is 10.5. The third-order valence-electron chi connectivity index (χ3n) is 3.91. The highest BCUT2D eigenvalue weighted by atomic mass is 32.2. The van der Waals surface area contributed by atoms with E-state index in [9.17, 15) is 15.3 Å². The van der Waals surface area contributed by atoms with Crippen LogP contribution in [0.15, 0.2) is 25.3 Å². The molecule has 24 heavy (non-hydrogen) atoms. The van der Waals surface area contributed by atoms with E-state index in [1.807, 2.05) is 13.8 Å². The summed E-state index contributed by atoms with van der Waals surface area (Å²) >= 11 is 1.32. The van der Waals surface area contributed by atoms with Gasteiger partial charge in [-0.25, -0.2) is 0 Å². The van der Waals surface area contributed by atoms with Gasteiger partial charge in [0.1, 0.15) is 29.9 Å². The van der Waals surface area contributed by atoms with Crippen LogP contribution in [0.5, 0.6) is 0 Å². The van der Waals surface area contributed by atoms with E-state index in [2.05, 4.69) is 13.2 Å². The monoisotopic (exact) mass is 363 g/mol. The normalized spacial score (nSPS) is 31.3. The molecule has 0 aromatic rings. The number of aliphatic hydroxyl groups excluding tert-OH is 3. The number of thioether (sulfide) groups is 1. The lowest BCUT2D eigenvalue weighted by molar-refractivity contribution is -0.209. The fraction of sp³-hybridized carbons (Fsp3) is 0.688. The summed E-state index contributed by atoms with van der Waals surface area (Å²) in [5.74, 6) is 0.572. The van der Waals surface area contributed by atoms with Crippen LogP contribution in [0.2, 0.25) is 0 Å². The average molecular weight is 363 g/mol. The summed E-state index contributed by atoms with van der Waals surface area (Å²) in [6.07, 6.45) is -0.295. The molecule has 0 saturated carbocycles. The minimum atomic E-state index is -1.28. The van der Waals surface area contributed by atoms with E-state index >= 15 is 0 Å². The third kappa shape index (κ3) is 6.19. The highest BCUT2D eigenvalue weighted by molar-refractivity contribution is 7.99. The SMILES string of the molecule is C=CCS[C@H]1O[C@H]([C@H](N)C(C)(C)CC=C)[C@H](O)[C@H](O)[C@H]1O.O=CO. The lowest BCUT2D eigenvalue weighted by Crippen LogP contribution is -2.64. The molecule has 1 saturated heterocycles. The summed E-state index contributed by atoms with van der Waals surface area (Å²) < 4.78 is 5.77. The van der Waals surface area contributed by atoms with E-state index in [1.54, 1.807) is 12.2 Å². The van der Waals surface area contributed by atoms with Gasteiger partial charge in [-0.15, -0.1) is 24.9 Å². The first-order chi connectivity index (χ1) is 11.2. The van der Waals surface area contributed by atoms with Crippen molar-refractivity contribution in [1.82, 2.24) is 0 Å². The topological polar surface area (TPSA) is 133 Å². The smallest absolute Gasteiger partial charge is 0.290 e. The van der Waals surface area contributed by atoms with Crippen molar-refractivity contribution < 1.29 is 30.0 Å². The number of aliphatic hydroxyl groups is 3. The Morgan fingerprint density at radius 3 is 2.21 bits per heavy atom. The first-order valence-corrected chi connectivity index (χ1v) is 8.59. The fourth-order valence-electron chi connectivity index (χ4n) is 2.42. The molecule has 0 spiro atoms. The van der Waals surface area contributed by atoms with Crippen LogP contribution in [0.4, 0.5) is 0 Å². The molecular weight excluding hydrogens is 334 g/mol. The Balaban J connectivity index is 0.00000163. The van der Waals surface area contributed by atoms with Crippen molar-refractivity contribution in [3.63, 3.8) is 0 Å². The Labute approximate surface area is 147 Å². The molecule has 0 aliphatic carbocycles. The molecule has 0 radical (unpaired) electrons. The van der Waals surface area contributed by atoms with Crippen LogP contribution in [0.25, 0.3) is 0 Å². The van der Waals surface area contributed by atoms with Gasteiger partial charge in [-0.3, -0.25) is 4.79 Å². The second kappa shape index (κ2) is 10.9. The summed E-state index contributed by atoms with van der Waals surface area (Å²) in [5, 5.41) is 37.1. The van der Waals surface area contributed by atoms with Crippen LogP contribution < -0.4 is 5.73 Å². The molecule has 1 heterocycles. The summed E-state index contributed by atoms with van der Waals surface area (Å²) in [4.78, 5) is 8.36. The minimum absolute atomic E-state index is 0.250. The molecule has 0 bridgehead atoms. The van der Waals surface area contributed by atoms with Crippen molar-refractivity contribution in [1.29, 1.82) is 0 Å². The Bertz CT molecular complexity index is 406. The van der Waals surface area contributed by atoms with Crippen molar-refractivity contribution in [3.8, 4) is 0 Å². The second-order valence-corrected chi connectivity index (χ2v) is 7.31. The molecule has 8 heteroatoms. The molecule has 0 amide bonds. The van der Waals surface area contributed by atoms with Crippen LogP contribution in [0, 0.1) is 5.41 Å². The van der Waals surface area contributed by atoms with Gasteiger partial charge in [0.05, 0.1) is 0 Å². The summed E-state index contributed by atoms with van der Waals surface area (Å²) in [6.45, 7) is 11.0. The maximum Gasteiger partial charge on any atom is 0.290 e. The van der Waals surface area contributed by atoms with Gasteiger partial charge in [0.25, 0.3) is 6.47 Å². The molecule has 0 aromatic carbocycles. The zero-order valence-corrected chi connectivity index (χ0v) is 14.9. The number of hydrogen-bond acceptors (Lipinski definition) is 7. The molecule has 7 nitrogen and oxygen atoms in total. The maximum atomic E-state index is 10.2. The lowest BCUT2D eigenvalue weighted by atomic mass is 9.76. The third-order valence-corrected chi connectivity index (χ3v) is 5.06. The van der Waals surface area contributed by atoms with Crippen molar-refractivity contribution in [2.75, 3.05) is 5.75 Å². The zero-order valence-electron chi connectivity index (χ0n) is 14.1. The van der Waals surface area contributed by atoms with Crippen LogP contribution in [-0.4, -0.2) is 68.5 Å². The van der Waals surface area contributed by atoms with Crippen molar-refractivity contribution in [3.05, 3.63) is 25.3 Å². The van der Waals surface area contributed by atoms with E-state index < -0.39 is 35.9 Å². The van der Waals surface area contributed by atoms with E-state index in [4.69, 9.17) is 20.4 Å². The van der Waals surface area contributed by atoms with Gasteiger partial charge in [-0.2, -0.15) is 0 Å². The Morgan fingerprint density at radius 1 is 1.21 bits per heavy atom. The molecule has 140 valence electrons. The molecular formula is C16H29NO6S. The predicted octanol–water partition coefficient (Wildman–Crippen LogP) is 0.344. The largest absolute Gasteiger partial charge is 0.483 e. The molecule has 1 aliphatic rings. The first-order valence-electron chi connectivity index (χ1n) is 7.54. The average Bonchev–Trinajstić information content (AvgIpc) is 2.52. The minimum Gasteiger partial charge on any atom is -0.483 e. The number of ether oxygens (including phenoxy) is 1. The molecule has 1 rings (SSSR count). The van der Waals surface area contributed by atoms with Crippen LogP contribution in [0.3, 0.4) is 0 Å². The number of carbonyl (C=O) groups is 1. The van der Waals surface area contributed by atoms with Crippen molar-refractivity contribution in [2.24, 2.45) is 11.1 Å². The summed E-state index contributed by atoms with van der Waals surface area (Å²) in [5.41, 5.74) is 5.26. The van der Waals surface area contributed by atoms with E-state index in [0.29, 0.717) is 12.2 Å². The number of nitrogens with two attached hydrogens (primary N) is 1. The second-order valence-electron chi connectivity index (χ2n) is 6.18. The van der Waals surface area contributed by atoms with E-state index in [-0.39, 0.29) is 11.9 Å². The van der Waals surface area contributed by atoms with Gasteiger partial charge in [-0.05, 0) is 11.8 Å². The van der Waals surface area contributed by atoms with Gasteiger partial charge < -0.3 is 30.9 Å². The highest BCUT2D eigenvalue weighted by Crippen LogP contribution is 2.35. The number of allylic oxidation sites excluding steroid dienone is 1. The molecule has 1 aliphatic heterocycles. The summed E-state index contributed by atoms with van der Waals surface area (Å²) in [7, 11) is 0. The van der Waals surface area contributed by atoms with Crippen LogP contribution in [-0.2, 0) is 9.53 Å². The molecule has 6 atom stereocenters. The predicted molar refractivity (Wildman–Crippen MR) is 94.6 cm³/mol. The maximum absolute atomic E-state index is 10.2. The van der Waals surface area contributed by atoms with Crippen LogP contribution in [0.1, 0.15) is 20.3 Å². The summed E-state index contributed by atoms with van der Waals surface area (Å²) in [6, 6.07) is -0.500. The Morgan fingerprint density at radius 2 is 1.75 bits per heavy atom. The number of hydrogen-bond donors (Lipinski definition) is 5. The van der Waals surface area contributed by atoms with Gasteiger partial charge >= 0.3 is 0 Å². The molecule has 1 fully saturated rings. The molecule has 0 unspecified atom stereocenters. The quantitative estimate of drug-likeness (QED) is 0.323. The highest BCUT2D eigenvalue weighted by Gasteiger charge is 2.48. The molecule has 0 aromatic heterocycles. The lowest BCUT2D eigenvalue weighted by Gasteiger charge is -2.46. The van der Waals surface area contributed by atoms with E-state index in [0.717, 1.165) is 0 Å². The van der Waals surface area contributed by atoms with Gasteiger partial charge in [0.15, 0.2) is 0 Å². The molecule has 6 N–H and O–H groups in total. The van der Waals surface area contributed by atoms with Gasteiger partial charge in [-0.1, -0.05) is 26.0 Å². The van der Waals surface area contributed by atoms with Crippen molar-refractivity contribution in [2.45, 2.75) is 56.2 Å². The zero-order chi connectivity index (χ0) is 18.9. The fourth-order valence-corrected chi connectivity index (χ4v) is 3.31. The van der Waals surface area contributed by atoms with Gasteiger partial charge in [0, 0.05) is 11.8 Å². The van der Waals surface area contributed by atoms with Crippen molar-refractivity contribution >= 4 is 18.2 Å². The number of carboxylic acid groups (broad SMARTS) is 1.